The van der Waals surface area contributed by atoms with E-state index >= 15 is 0 Å². The number of alkyl halides is 2. The van der Waals surface area contributed by atoms with Crippen LogP contribution in [0, 0.1) is 11.3 Å². The fraction of sp³-hybridized carbons (Fsp3) is 0.471. The van der Waals surface area contributed by atoms with Gasteiger partial charge in [0.15, 0.2) is 0 Å². The molecule has 0 bridgehead atoms. The van der Waals surface area contributed by atoms with Crippen molar-refractivity contribution in [3.8, 4) is 6.07 Å². The van der Waals surface area contributed by atoms with E-state index in [1.54, 1.807) is 12.1 Å². The smallest absolute Gasteiger partial charge is 0.793 e. The van der Waals surface area contributed by atoms with Gasteiger partial charge in [-0.05, 0) is 24.6 Å². The van der Waals surface area contributed by atoms with Crippen molar-refractivity contribution in [2.75, 3.05) is 30.7 Å². The number of carbonyl (C=O) groups excluding carboxylic acids is 6. The first-order valence-electron chi connectivity index (χ1n) is 17.0. The molecule has 1 aliphatic rings. The minimum Gasteiger partial charge on any atom is -0.793 e. The Hall–Kier alpha value is -5.30. The Morgan fingerprint density at radius 1 is 1.02 bits per heavy atom. The molecule has 6 amide bonds. The largest absolute Gasteiger partial charge is 4.00 e. The summed E-state index contributed by atoms with van der Waals surface area (Å²) in [4.78, 5) is 102. The summed E-state index contributed by atoms with van der Waals surface area (Å²) >= 11 is 4.61. The number of aromatic nitrogens is 1. The molecule has 0 aliphatic carbocycles. The molecule has 4 atom stereocenters. The zero-order valence-corrected chi connectivity index (χ0v) is 32.6. The van der Waals surface area contributed by atoms with Gasteiger partial charge in [0.2, 0.25) is 17.7 Å². The van der Waals surface area contributed by atoms with Crippen LogP contribution in [0.4, 0.5) is 14.5 Å². The number of para-hydroxylation sites is 1. The second-order valence-corrected chi connectivity index (χ2v) is 12.8. The van der Waals surface area contributed by atoms with Crippen LogP contribution in [0.15, 0.2) is 30.5 Å². The zero-order chi connectivity index (χ0) is 41.6. The molecule has 6 N–H and O–H groups in total. The van der Waals surface area contributed by atoms with E-state index < -0.39 is 109 Å². The van der Waals surface area contributed by atoms with Gasteiger partial charge in [-0.25, -0.2) is 8.78 Å². The van der Waals surface area contributed by atoms with E-state index in [-0.39, 0.29) is 69.1 Å². The molecule has 0 spiro atoms. The molecular formula is C34H37F2N9O10STc. The van der Waals surface area contributed by atoms with E-state index in [1.165, 1.54) is 24.4 Å². The summed E-state index contributed by atoms with van der Waals surface area (Å²) in [7, 11) is 0. The van der Waals surface area contributed by atoms with Gasteiger partial charge in [-0.15, -0.1) is 0 Å². The second kappa shape index (κ2) is 22.4. The number of hydrogen-bond acceptors (Lipinski definition) is 11. The van der Waals surface area contributed by atoms with Crippen LogP contribution in [-0.2, 0) is 66.3 Å². The van der Waals surface area contributed by atoms with Gasteiger partial charge in [-0.1, -0.05) is 37.1 Å². The normalized spacial score (nSPS) is 15.8. The Kier molecular flexibility index (Phi) is 18.8. The Balaban J connectivity index is 0.0000112. The molecule has 305 valence electrons. The maximum atomic E-state index is 13.7. The molecule has 1 fully saturated rings. The number of carbonyl (C=O) groups is 8. The molecule has 1 aromatic carbocycles. The first-order valence-corrected chi connectivity index (χ1v) is 17.6. The Morgan fingerprint density at radius 2 is 1.70 bits per heavy atom. The number of amides is 6. The van der Waals surface area contributed by atoms with Crippen LogP contribution < -0.4 is 16.0 Å². The standard InChI is InChI=1S/C34H40F2N9O10S.Tc/c35-34(36)13-18(14-37)45(17-34)27(48)15-41-30(51)20-9-11-40-29-19(20)4-3-6-22(29)42-26(47)8-7-25(46)39-10-2-1-5-21(38)31(52)43-23(12-28(49)50)32(53)44-24(16-56)33(54)55;/h3-4,6,9,11,18,21,23-24,38H,1-2,5,7-8,10,12-13,15-17H2,(H8,39,41,42,43,44,46,47,49,50,51,52,53,54,55,56);/q-1;+4/p-3/t18-,21-,23-,24-;/m0./s1. The molecule has 1 aliphatic heterocycles. The summed E-state index contributed by atoms with van der Waals surface area (Å²) in [5, 5.41) is 41.9. The quantitative estimate of drug-likeness (QED) is 0.0937. The van der Waals surface area contributed by atoms with Crippen molar-refractivity contribution < 1.29 is 77.5 Å². The number of unbranched alkanes of at least 4 members (excludes halogenated alkanes) is 1. The van der Waals surface area contributed by atoms with Crippen molar-refractivity contribution in [1.82, 2.24) is 20.5 Å². The molecule has 2 heterocycles. The number of rotatable bonds is 20. The average molecular weight is 900 g/mol. The van der Waals surface area contributed by atoms with Gasteiger partial charge in [0.25, 0.3) is 17.8 Å². The molecule has 0 saturated carbocycles. The molecule has 19 nitrogen and oxygen atoms in total. The number of benzene rings is 1. The molecule has 3 rings (SSSR count). The number of nitrogens with zero attached hydrogens (tertiary/aromatic N) is 5. The molecule has 1 radical (unpaired) electrons. The van der Waals surface area contributed by atoms with Crippen molar-refractivity contribution in [1.29, 1.82) is 5.26 Å². The molecule has 1 aromatic heterocycles. The van der Waals surface area contributed by atoms with Crippen molar-refractivity contribution in [3.05, 3.63) is 52.4 Å². The summed E-state index contributed by atoms with van der Waals surface area (Å²) in [5.74, 6) is -11.7. The molecule has 0 unspecified atom stereocenters. The van der Waals surface area contributed by atoms with Gasteiger partial charge >= 0.3 is 26.1 Å². The van der Waals surface area contributed by atoms with Crippen LogP contribution in [0.25, 0.3) is 27.3 Å². The Labute approximate surface area is 343 Å². The van der Waals surface area contributed by atoms with E-state index in [1.807, 2.05) is 0 Å². The third kappa shape index (κ3) is 14.6. The monoisotopic (exact) mass is 898 g/mol. The van der Waals surface area contributed by atoms with Crippen LogP contribution in [0.3, 0.4) is 0 Å². The predicted molar refractivity (Wildman–Crippen MR) is 194 cm³/mol. The van der Waals surface area contributed by atoms with Crippen molar-refractivity contribution >= 4 is 76.6 Å². The molecule has 2 aromatic rings. The van der Waals surface area contributed by atoms with Crippen molar-refractivity contribution in [2.45, 2.75) is 75.0 Å². The van der Waals surface area contributed by atoms with Crippen LogP contribution in [0.5, 0.6) is 0 Å². The van der Waals surface area contributed by atoms with E-state index in [9.17, 15) is 47.1 Å². The number of carboxylic acid groups (broad SMARTS) is 2. The number of pyridine rings is 1. The molecular weight excluding hydrogens is 862 g/mol. The number of carboxylic acids is 2. The van der Waals surface area contributed by atoms with E-state index in [0.29, 0.717) is 11.8 Å². The molecule has 1 saturated heterocycles. The fourth-order valence-electron chi connectivity index (χ4n) is 5.38. The van der Waals surface area contributed by atoms with Gasteiger partial charge in [-0.2, -0.15) is 11.0 Å². The summed E-state index contributed by atoms with van der Waals surface area (Å²) < 4.78 is 27.5. The van der Waals surface area contributed by atoms with Crippen LogP contribution >= 0.6 is 0 Å². The van der Waals surface area contributed by atoms with E-state index in [2.05, 4.69) is 44.2 Å². The van der Waals surface area contributed by atoms with Crippen molar-refractivity contribution in [2.24, 2.45) is 0 Å². The number of halogens is 2. The van der Waals surface area contributed by atoms with E-state index in [0.717, 1.165) is 4.90 Å². The summed E-state index contributed by atoms with van der Waals surface area (Å²) in [6.45, 7) is -1.44. The number of aliphatic carboxylic acids is 2. The number of nitriles is 1. The van der Waals surface area contributed by atoms with Gasteiger partial charge in [-0.3, -0.25) is 33.8 Å². The first kappa shape index (κ1) is 47.8. The predicted octanol–water partition coefficient (Wildman–Crippen LogP) is 1.79. The summed E-state index contributed by atoms with van der Waals surface area (Å²) in [6.07, 6.45) is -0.393. The first-order chi connectivity index (χ1) is 26.5. The summed E-state index contributed by atoms with van der Waals surface area (Å²) in [5.41, 5.74) is 8.49. The SMILES string of the molecule is N#C[C@@H]1CC(F)(F)CN1C(=O)CNC(=O)c1ccnc2c(NC(=O)CCC(=O)NCCCC[C@H]([NH-])C(=O)[N-][C@@H](CC(=O)O)C(=O)[N-][C@@H](C[S-])C(=O)O)cccc12.[Tc+4]. The van der Waals surface area contributed by atoms with Crippen LogP contribution in [-0.4, -0.2) is 123 Å². The second-order valence-electron chi connectivity index (χ2n) is 12.5. The number of fused-ring (bicyclic) bond motifs is 1. The molecule has 57 heavy (non-hydrogen) atoms. The van der Waals surface area contributed by atoms with Crippen LogP contribution in [0.2, 0.25) is 0 Å². The number of nitrogens with one attached hydrogen (secondary N) is 4. The maximum Gasteiger partial charge on any atom is 4.00 e. The Morgan fingerprint density at radius 3 is 2.35 bits per heavy atom. The summed E-state index contributed by atoms with van der Waals surface area (Å²) in [6, 6.07) is 1.39. The van der Waals surface area contributed by atoms with Gasteiger partial charge in [0, 0.05) is 55.6 Å². The molecule has 23 heteroatoms. The van der Waals surface area contributed by atoms with Gasteiger partial charge < -0.3 is 69.6 Å². The van der Waals surface area contributed by atoms with E-state index in [4.69, 9.17) is 21.2 Å². The average Bonchev–Trinajstić information content (AvgIpc) is 3.48. The third-order valence-corrected chi connectivity index (χ3v) is 8.53. The zero-order valence-electron chi connectivity index (χ0n) is 29.9. The third-order valence-electron chi connectivity index (χ3n) is 8.21. The fourth-order valence-corrected chi connectivity index (χ4v) is 5.59. The maximum absolute atomic E-state index is 13.7. The van der Waals surface area contributed by atoms with Crippen LogP contribution in [0.1, 0.15) is 55.3 Å². The van der Waals surface area contributed by atoms with Gasteiger partial charge in [0.1, 0.15) is 6.04 Å². The number of anilines is 1. The minimum atomic E-state index is -3.21. The number of likely N-dealkylation sites (tertiary alicyclic amines) is 1. The minimum absolute atomic E-state index is 0. The topological polar surface area (TPSA) is 305 Å². The van der Waals surface area contributed by atoms with Crippen molar-refractivity contribution in [3.63, 3.8) is 0 Å². The van der Waals surface area contributed by atoms with Gasteiger partial charge in [0.05, 0.1) is 35.9 Å². The Bertz CT molecular complexity index is 1890. The number of hydrogen-bond donors (Lipinski definition) is 5.